The zero-order valence-corrected chi connectivity index (χ0v) is 18.2. The molecule has 0 aromatic heterocycles. The number of benzene rings is 3. The van der Waals surface area contributed by atoms with Crippen LogP contribution in [0.2, 0.25) is 10.0 Å². The molecular weight excluding hydrogens is 423 g/mol. The average Bonchev–Trinajstić information content (AvgIpc) is 2.74. The Morgan fingerprint density at radius 2 is 1.77 bits per heavy atom. The normalized spacial score (nSPS) is 10.4. The maximum absolute atomic E-state index is 12.2. The molecule has 3 aromatic rings. The molecule has 7 heteroatoms. The molecule has 3 aromatic carbocycles. The highest BCUT2D eigenvalue weighted by Gasteiger charge is 2.09. The molecule has 0 aliphatic heterocycles. The van der Waals surface area contributed by atoms with Gasteiger partial charge in [-0.25, -0.2) is 0 Å². The van der Waals surface area contributed by atoms with Crippen molar-refractivity contribution in [2.24, 2.45) is 0 Å². The van der Waals surface area contributed by atoms with Gasteiger partial charge in [0.05, 0.1) is 12.1 Å². The van der Waals surface area contributed by atoms with E-state index in [0.717, 1.165) is 22.6 Å². The molecule has 1 amide bonds. The molecule has 5 nitrogen and oxygen atoms in total. The molecule has 0 unspecified atom stereocenters. The molecule has 0 radical (unpaired) electrons. The summed E-state index contributed by atoms with van der Waals surface area (Å²) >= 11 is 12.3. The maximum atomic E-state index is 12.2. The van der Waals surface area contributed by atoms with Gasteiger partial charge in [0.15, 0.2) is 6.61 Å². The first-order valence-electron chi connectivity index (χ1n) is 9.30. The van der Waals surface area contributed by atoms with Crippen LogP contribution in [-0.4, -0.2) is 19.6 Å². The summed E-state index contributed by atoms with van der Waals surface area (Å²) in [5, 5.41) is 7.10. The summed E-state index contributed by atoms with van der Waals surface area (Å²) < 4.78 is 10.7. The van der Waals surface area contributed by atoms with E-state index in [1.54, 1.807) is 25.3 Å². The monoisotopic (exact) mass is 444 g/mol. The molecular formula is C23H22Cl2N2O3. The van der Waals surface area contributed by atoms with Crippen LogP contribution in [0.1, 0.15) is 11.1 Å². The molecule has 0 saturated carbocycles. The minimum atomic E-state index is -0.290. The van der Waals surface area contributed by atoms with Crippen LogP contribution in [0.5, 0.6) is 11.5 Å². The average molecular weight is 445 g/mol. The standard InChI is InChI=1S/C23H22Cl2N2O3/c1-15-3-5-17(24)12-21(15)27-23(28)14-30-22-10-4-16(11-20(22)25)13-26-18-6-8-19(29-2)9-7-18/h3-12,26H,13-14H2,1-2H3,(H,27,28). The molecule has 30 heavy (non-hydrogen) atoms. The third-order valence-corrected chi connectivity index (χ3v) is 4.95. The van der Waals surface area contributed by atoms with Gasteiger partial charge in [-0.3, -0.25) is 4.79 Å². The quantitative estimate of drug-likeness (QED) is 0.451. The fraction of sp³-hybridized carbons (Fsp3) is 0.174. The number of nitrogens with one attached hydrogen (secondary N) is 2. The highest BCUT2D eigenvalue weighted by Crippen LogP contribution is 2.26. The van der Waals surface area contributed by atoms with Crippen LogP contribution >= 0.6 is 23.2 Å². The lowest BCUT2D eigenvalue weighted by Crippen LogP contribution is -2.20. The van der Waals surface area contributed by atoms with Crippen LogP contribution in [-0.2, 0) is 11.3 Å². The number of aryl methyl sites for hydroxylation is 1. The van der Waals surface area contributed by atoms with Crippen molar-refractivity contribution in [1.29, 1.82) is 0 Å². The third kappa shape index (κ3) is 6.05. The van der Waals surface area contributed by atoms with Crippen LogP contribution in [0.3, 0.4) is 0 Å². The third-order valence-electron chi connectivity index (χ3n) is 4.42. The Kier molecular flexibility index (Phi) is 7.44. The van der Waals surface area contributed by atoms with E-state index >= 15 is 0 Å². The van der Waals surface area contributed by atoms with Crippen LogP contribution in [0.4, 0.5) is 11.4 Å². The summed E-state index contributed by atoms with van der Waals surface area (Å²) in [5.41, 5.74) is 3.53. The van der Waals surface area contributed by atoms with Gasteiger partial charge in [-0.2, -0.15) is 0 Å². The summed E-state index contributed by atoms with van der Waals surface area (Å²) in [6, 6.07) is 18.4. The molecule has 0 fully saturated rings. The second-order valence-electron chi connectivity index (χ2n) is 6.64. The van der Waals surface area contributed by atoms with Gasteiger partial charge in [-0.1, -0.05) is 35.3 Å². The van der Waals surface area contributed by atoms with Crippen LogP contribution in [0.25, 0.3) is 0 Å². The van der Waals surface area contributed by atoms with E-state index in [9.17, 15) is 4.79 Å². The minimum Gasteiger partial charge on any atom is -0.497 e. The lowest BCUT2D eigenvalue weighted by molar-refractivity contribution is -0.118. The molecule has 0 heterocycles. The molecule has 2 N–H and O–H groups in total. The predicted octanol–water partition coefficient (Wildman–Crippen LogP) is 5.94. The van der Waals surface area contributed by atoms with Gasteiger partial charge in [-0.05, 0) is 66.6 Å². The van der Waals surface area contributed by atoms with Gasteiger partial charge in [0, 0.05) is 22.9 Å². The summed E-state index contributed by atoms with van der Waals surface area (Å²) in [6.45, 7) is 2.33. The van der Waals surface area contributed by atoms with E-state index < -0.39 is 0 Å². The van der Waals surface area contributed by atoms with Gasteiger partial charge in [0.2, 0.25) is 0 Å². The van der Waals surface area contributed by atoms with Crippen molar-refractivity contribution in [1.82, 2.24) is 0 Å². The number of anilines is 2. The number of amides is 1. The number of carbonyl (C=O) groups is 1. The Bertz CT molecular complexity index is 1020. The minimum absolute atomic E-state index is 0.158. The first-order valence-corrected chi connectivity index (χ1v) is 10.1. The van der Waals surface area contributed by atoms with Crippen molar-refractivity contribution < 1.29 is 14.3 Å². The van der Waals surface area contributed by atoms with Crippen molar-refractivity contribution in [3.05, 3.63) is 81.8 Å². The van der Waals surface area contributed by atoms with Gasteiger partial charge in [0.1, 0.15) is 11.5 Å². The Hall–Kier alpha value is -2.89. The second kappa shape index (κ2) is 10.2. The number of methoxy groups -OCH3 is 1. The van der Waals surface area contributed by atoms with Crippen molar-refractivity contribution in [3.8, 4) is 11.5 Å². The van der Waals surface area contributed by atoms with Crippen LogP contribution in [0, 0.1) is 6.92 Å². The number of halogens is 2. The highest BCUT2D eigenvalue weighted by molar-refractivity contribution is 6.32. The first-order chi connectivity index (χ1) is 14.4. The Morgan fingerprint density at radius 1 is 1.00 bits per heavy atom. The molecule has 0 aliphatic carbocycles. The first kappa shape index (κ1) is 21.8. The summed E-state index contributed by atoms with van der Waals surface area (Å²) in [7, 11) is 1.63. The highest BCUT2D eigenvalue weighted by atomic mass is 35.5. The van der Waals surface area contributed by atoms with Gasteiger partial charge < -0.3 is 20.1 Å². The Morgan fingerprint density at radius 3 is 2.47 bits per heavy atom. The number of carbonyl (C=O) groups excluding carboxylic acids is 1. The number of ether oxygens (including phenoxy) is 2. The second-order valence-corrected chi connectivity index (χ2v) is 7.49. The number of rotatable bonds is 8. The molecule has 0 aliphatic rings. The van der Waals surface area contributed by atoms with Crippen molar-refractivity contribution >= 4 is 40.5 Å². The molecule has 0 spiro atoms. The predicted molar refractivity (Wildman–Crippen MR) is 122 cm³/mol. The Balaban J connectivity index is 1.53. The number of hydrogen-bond acceptors (Lipinski definition) is 4. The number of hydrogen-bond donors (Lipinski definition) is 2. The molecule has 156 valence electrons. The van der Waals surface area contributed by atoms with Crippen LogP contribution < -0.4 is 20.1 Å². The van der Waals surface area contributed by atoms with Gasteiger partial charge >= 0.3 is 0 Å². The summed E-state index contributed by atoms with van der Waals surface area (Å²) in [6.07, 6.45) is 0. The van der Waals surface area contributed by atoms with E-state index in [1.165, 1.54) is 0 Å². The molecule has 0 atom stereocenters. The SMILES string of the molecule is COc1ccc(NCc2ccc(OCC(=O)Nc3cc(Cl)ccc3C)c(Cl)c2)cc1. The lowest BCUT2D eigenvalue weighted by Gasteiger charge is -2.12. The van der Waals surface area contributed by atoms with Gasteiger partial charge in [0.25, 0.3) is 5.91 Å². The van der Waals surface area contributed by atoms with E-state index in [1.807, 2.05) is 49.4 Å². The fourth-order valence-electron chi connectivity index (χ4n) is 2.74. The van der Waals surface area contributed by atoms with Crippen molar-refractivity contribution in [3.63, 3.8) is 0 Å². The summed E-state index contributed by atoms with van der Waals surface area (Å²) in [4.78, 5) is 12.2. The lowest BCUT2D eigenvalue weighted by atomic mass is 10.2. The van der Waals surface area contributed by atoms with E-state index in [2.05, 4.69) is 10.6 Å². The topological polar surface area (TPSA) is 59.6 Å². The summed E-state index contributed by atoms with van der Waals surface area (Å²) in [5.74, 6) is 0.962. The van der Waals surface area contributed by atoms with Crippen molar-refractivity contribution in [2.75, 3.05) is 24.4 Å². The van der Waals surface area contributed by atoms with Crippen molar-refractivity contribution in [2.45, 2.75) is 13.5 Å². The zero-order chi connectivity index (χ0) is 21.5. The maximum Gasteiger partial charge on any atom is 0.262 e. The smallest absolute Gasteiger partial charge is 0.262 e. The molecule has 0 saturated heterocycles. The zero-order valence-electron chi connectivity index (χ0n) is 16.7. The molecule has 3 rings (SSSR count). The van der Waals surface area contributed by atoms with Gasteiger partial charge in [-0.15, -0.1) is 0 Å². The largest absolute Gasteiger partial charge is 0.497 e. The fourth-order valence-corrected chi connectivity index (χ4v) is 3.17. The van der Waals surface area contributed by atoms with E-state index in [0.29, 0.717) is 28.0 Å². The van der Waals surface area contributed by atoms with E-state index in [-0.39, 0.29) is 12.5 Å². The Labute approximate surface area is 185 Å². The van der Waals surface area contributed by atoms with Crippen LogP contribution in [0.15, 0.2) is 60.7 Å². The molecule has 0 bridgehead atoms. The van der Waals surface area contributed by atoms with E-state index in [4.69, 9.17) is 32.7 Å².